The second-order valence-electron chi connectivity index (χ2n) is 7.03. The number of hydrogen-bond donors (Lipinski definition) is 1. The fourth-order valence-electron chi connectivity index (χ4n) is 4.23. The molecule has 3 heterocycles. The Labute approximate surface area is 151 Å². The van der Waals surface area contributed by atoms with Gasteiger partial charge in [0.15, 0.2) is 11.5 Å². The predicted molar refractivity (Wildman–Crippen MR) is 92.7 cm³/mol. The quantitative estimate of drug-likeness (QED) is 0.919. The third kappa shape index (κ3) is 2.03. The average molecular weight is 352 g/mol. The number of benzene rings is 1. The number of rotatable bonds is 3. The van der Waals surface area contributed by atoms with Gasteiger partial charge >= 0.3 is 6.03 Å². The zero-order valence-corrected chi connectivity index (χ0v) is 14.5. The van der Waals surface area contributed by atoms with Gasteiger partial charge in [-0.3, -0.25) is 4.90 Å². The summed E-state index contributed by atoms with van der Waals surface area (Å²) in [6.45, 7) is 0. The molecule has 3 aliphatic rings. The molecule has 7 nitrogen and oxygen atoms in total. The topological polar surface area (TPSA) is 76.6 Å². The Balaban J connectivity index is 1.71. The molecule has 2 aromatic rings. The van der Waals surface area contributed by atoms with E-state index in [4.69, 9.17) is 9.47 Å². The molecule has 2 amide bonds. The number of aromatic nitrogens is 2. The maximum atomic E-state index is 13.0. The van der Waals surface area contributed by atoms with Gasteiger partial charge in [0, 0.05) is 24.2 Å². The Bertz CT molecular complexity index is 855. The minimum atomic E-state index is -0.964. The molecule has 7 heteroatoms. The zero-order chi connectivity index (χ0) is 17.7. The van der Waals surface area contributed by atoms with E-state index in [1.165, 1.54) is 0 Å². The molecule has 134 valence electrons. The number of amides is 2. The van der Waals surface area contributed by atoms with Gasteiger partial charge in [-0.1, -0.05) is 12.1 Å². The predicted octanol–water partition coefficient (Wildman–Crippen LogP) is 2.74. The smallest absolute Gasteiger partial charge is 0.321 e. The van der Waals surface area contributed by atoms with E-state index in [0.29, 0.717) is 23.6 Å². The lowest BCUT2D eigenvalue weighted by Crippen LogP contribution is -2.68. The van der Waals surface area contributed by atoms with Crippen molar-refractivity contribution in [1.29, 1.82) is 0 Å². The van der Waals surface area contributed by atoms with E-state index < -0.39 is 5.72 Å². The maximum Gasteiger partial charge on any atom is 0.321 e. The number of urea groups is 1. The Morgan fingerprint density at radius 2 is 2.19 bits per heavy atom. The molecule has 26 heavy (non-hydrogen) atoms. The summed E-state index contributed by atoms with van der Waals surface area (Å²) in [6.07, 6.45) is 5.29. The monoisotopic (exact) mass is 352 g/mol. The molecule has 1 saturated carbocycles. The summed E-state index contributed by atoms with van der Waals surface area (Å²) in [6, 6.07) is 9.37. The van der Waals surface area contributed by atoms with Crippen molar-refractivity contribution in [1.82, 2.24) is 20.4 Å². The summed E-state index contributed by atoms with van der Waals surface area (Å²) in [4.78, 5) is 14.9. The zero-order valence-electron chi connectivity index (χ0n) is 14.5. The van der Waals surface area contributed by atoms with Crippen LogP contribution in [0.4, 0.5) is 4.79 Å². The molecule has 1 aromatic heterocycles. The van der Waals surface area contributed by atoms with Crippen molar-refractivity contribution in [2.75, 3.05) is 7.11 Å². The van der Waals surface area contributed by atoms with Gasteiger partial charge in [-0.15, -0.1) is 5.10 Å². The van der Waals surface area contributed by atoms with E-state index in [2.05, 4.69) is 15.5 Å². The summed E-state index contributed by atoms with van der Waals surface area (Å²) < 4.78 is 12.1. The Morgan fingerprint density at radius 1 is 1.31 bits per heavy atom. The fourth-order valence-corrected chi connectivity index (χ4v) is 4.23. The van der Waals surface area contributed by atoms with Gasteiger partial charge in [0.25, 0.3) is 0 Å². The number of carbonyl (C=O) groups excluding carboxylic acids is 1. The molecular weight excluding hydrogens is 332 g/mol. The third-order valence-corrected chi connectivity index (χ3v) is 5.67. The van der Waals surface area contributed by atoms with E-state index in [9.17, 15) is 4.79 Å². The van der Waals surface area contributed by atoms with Crippen LogP contribution >= 0.6 is 0 Å². The van der Waals surface area contributed by atoms with Crippen molar-refractivity contribution in [2.24, 2.45) is 0 Å². The minimum Gasteiger partial charge on any atom is -0.493 e. The third-order valence-electron chi connectivity index (χ3n) is 5.67. The summed E-state index contributed by atoms with van der Waals surface area (Å²) in [5.74, 6) is 1.33. The second-order valence-corrected chi connectivity index (χ2v) is 7.03. The molecule has 2 bridgehead atoms. The maximum absolute atomic E-state index is 13.0. The number of ether oxygens (including phenoxy) is 2. The van der Waals surface area contributed by atoms with Crippen LogP contribution in [0.2, 0.25) is 0 Å². The highest BCUT2D eigenvalue weighted by molar-refractivity contribution is 5.78. The lowest BCUT2D eigenvalue weighted by molar-refractivity contribution is -0.137. The van der Waals surface area contributed by atoms with Crippen LogP contribution in [0.1, 0.15) is 43.0 Å². The molecule has 0 spiro atoms. The Morgan fingerprint density at radius 3 is 2.88 bits per heavy atom. The Kier molecular flexibility index (Phi) is 3.32. The normalized spacial score (nSPS) is 27.0. The molecular formula is C19H20N4O3. The van der Waals surface area contributed by atoms with Crippen LogP contribution in [0.3, 0.4) is 0 Å². The number of nitrogens with zero attached hydrogens (tertiary/aromatic N) is 3. The largest absolute Gasteiger partial charge is 0.493 e. The number of fused-ring (bicyclic) bond motifs is 4. The van der Waals surface area contributed by atoms with Crippen LogP contribution in [-0.2, 0) is 5.72 Å². The van der Waals surface area contributed by atoms with Crippen molar-refractivity contribution < 1.29 is 14.3 Å². The summed E-state index contributed by atoms with van der Waals surface area (Å²) >= 11 is 0. The van der Waals surface area contributed by atoms with Crippen molar-refractivity contribution in [3.8, 4) is 11.5 Å². The van der Waals surface area contributed by atoms with Gasteiger partial charge in [0.2, 0.25) is 5.72 Å². The first kappa shape index (κ1) is 15.4. The Hall–Kier alpha value is -2.83. The highest BCUT2D eigenvalue weighted by Crippen LogP contribution is 2.53. The van der Waals surface area contributed by atoms with Crippen LogP contribution in [0.25, 0.3) is 0 Å². The molecule has 1 saturated heterocycles. The van der Waals surface area contributed by atoms with E-state index in [0.717, 1.165) is 24.8 Å². The number of carbonyl (C=O) groups is 1. The molecule has 0 radical (unpaired) electrons. The lowest BCUT2D eigenvalue weighted by atomic mass is 9.82. The summed E-state index contributed by atoms with van der Waals surface area (Å²) in [5, 5.41) is 11.5. The van der Waals surface area contributed by atoms with E-state index in [-0.39, 0.29) is 18.1 Å². The highest BCUT2D eigenvalue weighted by Gasteiger charge is 2.57. The molecule has 2 fully saturated rings. The van der Waals surface area contributed by atoms with Crippen molar-refractivity contribution in [3.05, 3.63) is 47.8 Å². The van der Waals surface area contributed by atoms with Crippen LogP contribution < -0.4 is 14.8 Å². The number of hydrogen-bond acceptors (Lipinski definition) is 5. The van der Waals surface area contributed by atoms with Crippen molar-refractivity contribution in [3.63, 3.8) is 0 Å². The van der Waals surface area contributed by atoms with Gasteiger partial charge in [-0.2, -0.15) is 5.10 Å². The molecule has 1 aliphatic carbocycles. The molecule has 1 N–H and O–H groups in total. The second kappa shape index (κ2) is 5.59. The van der Waals surface area contributed by atoms with Crippen molar-refractivity contribution >= 4 is 6.03 Å². The summed E-state index contributed by atoms with van der Waals surface area (Å²) in [5.41, 5.74) is 0.627. The van der Waals surface area contributed by atoms with Crippen LogP contribution in [-0.4, -0.2) is 34.3 Å². The van der Waals surface area contributed by atoms with Gasteiger partial charge in [0.1, 0.15) is 5.69 Å². The number of para-hydroxylation sites is 1. The average Bonchev–Trinajstić information content (AvgIpc) is 2.63. The van der Waals surface area contributed by atoms with Crippen LogP contribution in [0.15, 0.2) is 36.5 Å². The van der Waals surface area contributed by atoms with Crippen LogP contribution in [0.5, 0.6) is 11.5 Å². The first-order chi connectivity index (χ1) is 12.7. The van der Waals surface area contributed by atoms with E-state index in [1.807, 2.05) is 35.2 Å². The van der Waals surface area contributed by atoms with Gasteiger partial charge in [0.05, 0.1) is 13.2 Å². The van der Waals surface area contributed by atoms with Gasteiger partial charge in [-0.05, 0) is 37.5 Å². The molecule has 5 rings (SSSR count). The SMILES string of the molecule is COc1cccc2c1OC1(c3cccnn3)CC2NC(=O)N1C1CCC1. The van der Waals surface area contributed by atoms with Gasteiger partial charge in [-0.25, -0.2) is 4.79 Å². The van der Waals surface area contributed by atoms with E-state index in [1.54, 1.807) is 13.3 Å². The standard InChI is InChI=1S/C19H20N4O3/c1-25-15-8-3-7-13-14-11-19(26-17(13)15,16-9-4-10-20-22-16)23(18(24)21-14)12-5-2-6-12/h3-4,7-10,12,14H,2,5-6,11H2,1H3,(H,21,24). The van der Waals surface area contributed by atoms with E-state index >= 15 is 0 Å². The van der Waals surface area contributed by atoms with Crippen LogP contribution in [0, 0.1) is 0 Å². The number of methoxy groups -OCH3 is 1. The molecule has 2 aliphatic heterocycles. The minimum absolute atomic E-state index is 0.106. The first-order valence-electron chi connectivity index (χ1n) is 8.97. The lowest BCUT2D eigenvalue weighted by Gasteiger charge is -2.55. The molecule has 2 atom stereocenters. The summed E-state index contributed by atoms with van der Waals surface area (Å²) in [7, 11) is 1.63. The molecule has 2 unspecified atom stereocenters. The van der Waals surface area contributed by atoms with Gasteiger partial charge < -0.3 is 14.8 Å². The van der Waals surface area contributed by atoms with Crippen molar-refractivity contribution in [2.45, 2.75) is 43.5 Å². The number of nitrogens with one attached hydrogen (secondary N) is 1. The molecule has 1 aromatic carbocycles. The first-order valence-corrected chi connectivity index (χ1v) is 8.97. The highest BCUT2D eigenvalue weighted by atomic mass is 16.5. The fraction of sp³-hybridized carbons (Fsp3) is 0.421.